The number of methoxy groups -OCH3 is 1. The Morgan fingerprint density at radius 1 is 1.10 bits per heavy atom. The van der Waals surface area contributed by atoms with Gasteiger partial charge in [-0.3, -0.25) is 0 Å². The van der Waals surface area contributed by atoms with Gasteiger partial charge >= 0.3 is 182 Å². The molecule has 0 aliphatic rings. The summed E-state index contributed by atoms with van der Waals surface area (Å²) in [5.41, 5.74) is 0.815. The molecule has 30 heavy (non-hydrogen) atoms. The molecule has 0 bridgehead atoms. The van der Waals surface area contributed by atoms with Crippen molar-refractivity contribution in [2.24, 2.45) is 5.92 Å². The Morgan fingerprint density at radius 3 is 2.40 bits per heavy atom. The van der Waals surface area contributed by atoms with Gasteiger partial charge in [0.05, 0.1) is 0 Å². The van der Waals surface area contributed by atoms with Crippen molar-refractivity contribution in [2.75, 3.05) is 7.11 Å². The molecule has 0 aliphatic heterocycles. The summed E-state index contributed by atoms with van der Waals surface area (Å²) in [6.07, 6.45) is 1.09. The number of amides is 1. The van der Waals surface area contributed by atoms with Gasteiger partial charge in [-0.1, -0.05) is 0 Å². The van der Waals surface area contributed by atoms with Crippen molar-refractivity contribution in [3.63, 3.8) is 0 Å². The second-order valence-electron chi connectivity index (χ2n) is 7.32. The van der Waals surface area contributed by atoms with Crippen molar-refractivity contribution in [2.45, 2.75) is 38.8 Å². The van der Waals surface area contributed by atoms with E-state index in [4.69, 9.17) is 4.74 Å². The van der Waals surface area contributed by atoms with Crippen LogP contribution in [0.4, 0.5) is 0 Å². The molecule has 158 valence electrons. The fourth-order valence-corrected chi connectivity index (χ4v) is 5.63. The molecule has 1 amide bonds. The van der Waals surface area contributed by atoms with Crippen molar-refractivity contribution in [3.05, 3.63) is 70.5 Å². The third kappa shape index (κ3) is 4.74. The molecule has 6 nitrogen and oxygen atoms in total. The van der Waals surface area contributed by atoms with Gasteiger partial charge in [-0.15, -0.1) is 0 Å². The summed E-state index contributed by atoms with van der Waals surface area (Å²) < 4.78 is 7.52. The van der Waals surface area contributed by atoms with E-state index in [1.165, 1.54) is 7.11 Å². The quantitative estimate of drug-likeness (QED) is 0.403. The summed E-state index contributed by atoms with van der Waals surface area (Å²) >= 11 is -0.304. The zero-order chi connectivity index (χ0) is 21.7. The van der Waals surface area contributed by atoms with Gasteiger partial charge in [0.25, 0.3) is 0 Å². The van der Waals surface area contributed by atoms with E-state index >= 15 is 0 Å². The number of carbonyl (C=O) groups is 2. The van der Waals surface area contributed by atoms with Crippen molar-refractivity contribution >= 4 is 36.3 Å². The predicted octanol–water partition coefficient (Wildman–Crippen LogP) is 2.55. The molecule has 1 aromatic heterocycles. The van der Waals surface area contributed by atoms with E-state index in [9.17, 15) is 14.4 Å². The molecule has 1 heterocycles. The molecule has 3 atom stereocenters. The Morgan fingerprint density at radius 2 is 1.77 bits per heavy atom. The Hall–Kier alpha value is -2.63. The first-order valence-electron chi connectivity index (χ1n) is 9.99. The average Bonchev–Trinajstić information content (AvgIpc) is 3.11. The number of benzene rings is 2. The van der Waals surface area contributed by atoms with Crippen molar-refractivity contribution in [1.29, 1.82) is 0 Å². The van der Waals surface area contributed by atoms with Crippen LogP contribution in [-0.2, 0) is 20.7 Å². The second kappa shape index (κ2) is 9.92. The summed E-state index contributed by atoms with van der Waals surface area (Å²) in [4.78, 5) is 38.7. The number of esters is 1. The summed E-state index contributed by atoms with van der Waals surface area (Å²) in [6.45, 7) is 3.85. The van der Waals surface area contributed by atoms with E-state index in [-0.39, 0.29) is 32.1 Å². The van der Waals surface area contributed by atoms with Crippen LogP contribution in [0.15, 0.2) is 59.4 Å². The number of carbonyl (C=O) groups excluding carboxylic acids is 2. The van der Waals surface area contributed by atoms with Gasteiger partial charge in [-0.05, 0) is 0 Å². The number of nitrogens with one attached hydrogen (secondary N) is 1. The first kappa shape index (κ1) is 22.1. The van der Waals surface area contributed by atoms with Crippen LogP contribution >= 0.6 is 0 Å². The van der Waals surface area contributed by atoms with Gasteiger partial charge < -0.3 is 0 Å². The van der Waals surface area contributed by atoms with Crippen LogP contribution in [0.25, 0.3) is 9.65 Å². The molecule has 7 heteroatoms. The monoisotopic (exact) mass is 474 g/mol. The van der Waals surface area contributed by atoms with E-state index in [0.717, 1.165) is 9.82 Å². The predicted molar refractivity (Wildman–Crippen MR) is 118 cm³/mol. The number of aromatic nitrogens is 1. The molecule has 2 aromatic carbocycles. The Balaban J connectivity index is 2.00. The average molecular weight is 473 g/mol. The first-order valence-corrected chi connectivity index (χ1v) is 11.6. The van der Waals surface area contributed by atoms with Crippen molar-refractivity contribution < 1.29 is 14.3 Å². The number of fused-ring (bicyclic) bond motifs is 1. The van der Waals surface area contributed by atoms with Crippen molar-refractivity contribution in [1.82, 2.24) is 8.88 Å². The third-order valence-corrected chi connectivity index (χ3v) is 7.79. The van der Waals surface area contributed by atoms with Gasteiger partial charge in [-0.25, -0.2) is 0 Å². The molecule has 0 saturated carbocycles. The normalized spacial score (nSPS) is 14.1. The van der Waals surface area contributed by atoms with Gasteiger partial charge in [0.1, 0.15) is 0 Å². The maximum absolute atomic E-state index is 13.4. The Bertz CT molecular complexity index is 1070. The van der Waals surface area contributed by atoms with Gasteiger partial charge in [0.15, 0.2) is 0 Å². The minimum absolute atomic E-state index is 0.0873. The maximum atomic E-state index is 13.4. The van der Waals surface area contributed by atoms with E-state index in [0.29, 0.717) is 18.2 Å². The standard InChI is InChI=1S/C23H26N2O4Se/c1-4-15(2)20(23(28)29-3)24-21(26)18(14-16-10-6-5-7-11-16)25-22(27)17-12-8-9-13-19(17)30-25/h5-13,15,18,20H,4,14H2,1-3H3,(H,24,26)/t15-,18+,20+/m1/s1. The summed E-state index contributed by atoms with van der Waals surface area (Å²) in [5.74, 6) is -0.897. The van der Waals surface area contributed by atoms with Crippen molar-refractivity contribution in [3.8, 4) is 0 Å². The van der Waals surface area contributed by atoms with E-state index in [1.807, 2.05) is 62.4 Å². The van der Waals surface area contributed by atoms with Crippen LogP contribution < -0.4 is 10.9 Å². The molecule has 0 unspecified atom stereocenters. The number of hydrogen-bond donors (Lipinski definition) is 1. The van der Waals surface area contributed by atoms with Gasteiger partial charge in [-0.2, -0.15) is 0 Å². The molecule has 0 radical (unpaired) electrons. The van der Waals surface area contributed by atoms with Crippen LogP contribution in [0.5, 0.6) is 0 Å². The second-order valence-corrected chi connectivity index (χ2v) is 9.45. The van der Waals surface area contributed by atoms with Crippen LogP contribution in [0.2, 0.25) is 0 Å². The SMILES string of the molecule is CC[C@@H](C)[C@H](NC(=O)[C@H](Cc1ccccc1)n1[se]c2ccccc2c1=O)C(=O)OC. The molecule has 1 N–H and O–H groups in total. The molecule has 0 spiro atoms. The molecular weight excluding hydrogens is 447 g/mol. The summed E-state index contributed by atoms with van der Waals surface area (Å²) in [6, 6.07) is 15.6. The molecule has 3 aromatic rings. The molecule has 0 aliphatic carbocycles. The molecular formula is C23H26N2O4Se. The summed E-state index contributed by atoms with van der Waals surface area (Å²) in [7, 11) is 1.31. The van der Waals surface area contributed by atoms with Crippen LogP contribution in [-0.4, -0.2) is 43.3 Å². The van der Waals surface area contributed by atoms with E-state index < -0.39 is 18.1 Å². The molecule has 3 rings (SSSR count). The zero-order valence-electron chi connectivity index (χ0n) is 17.3. The van der Waals surface area contributed by atoms with Gasteiger partial charge in [0.2, 0.25) is 0 Å². The Kier molecular flexibility index (Phi) is 7.29. The molecule has 0 fully saturated rings. The topological polar surface area (TPSA) is 77.4 Å². The van der Waals surface area contributed by atoms with Gasteiger partial charge in [0, 0.05) is 0 Å². The number of rotatable bonds is 8. The first-order chi connectivity index (χ1) is 14.5. The zero-order valence-corrected chi connectivity index (χ0v) is 19.0. The van der Waals surface area contributed by atoms with Crippen LogP contribution in [0.3, 0.4) is 0 Å². The van der Waals surface area contributed by atoms with Crippen LogP contribution in [0.1, 0.15) is 31.9 Å². The summed E-state index contributed by atoms with van der Waals surface area (Å²) in [5, 5.41) is 3.51. The van der Waals surface area contributed by atoms with E-state index in [1.54, 1.807) is 9.63 Å². The molecule has 0 saturated heterocycles. The fraction of sp³-hybridized carbons (Fsp3) is 0.348. The third-order valence-electron chi connectivity index (χ3n) is 5.34. The fourth-order valence-electron chi connectivity index (χ4n) is 3.36. The minimum atomic E-state index is -0.752. The van der Waals surface area contributed by atoms with Crippen LogP contribution in [0, 0.1) is 5.92 Å². The number of hydrogen-bond acceptors (Lipinski definition) is 4. The number of nitrogens with zero attached hydrogens (tertiary/aromatic N) is 1. The van der Waals surface area contributed by atoms with E-state index in [2.05, 4.69) is 5.32 Å². The number of ether oxygens (including phenoxy) is 1. The Labute approximate surface area is 181 Å².